The molecule has 0 radical (unpaired) electrons. The minimum atomic E-state index is -0.531. The van der Waals surface area contributed by atoms with Crippen LogP contribution in [0.5, 0.6) is 0 Å². The summed E-state index contributed by atoms with van der Waals surface area (Å²) in [4.78, 5) is 11.9. The van der Waals surface area contributed by atoms with E-state index in [2.05, 4.69) is 11.2 Å². The monoisotopic (exact) mass is 609 g/mol. The highest BCUT2D eigenvalue weighted by molar-refractivity contribution is 6.33. The number of carbonyl (C=O) groups excluding carboxylic acids is 1. The minimum absolute atomic E-state index is 0.248. The molecular weight excluding hydrogens is 577 g/mol. The molecule has 6 rings (SSSR count). The number of fused-ring (bicyclic) bond motifs is 1. The van der Waals surface area contributed by atoms with Gasteiger partial charge in [-0.05, 0) is 109 Å². The Morgan fingerprint density at radius 3 is 2.55 bits per heavy atom. The summed E-state index contributed by atoms with van der Waals surface area (Å²) >= 11 is 6.85. The number of halogens is 2. The fourth-order valence-corrected chi connectivity index (χ4v) is 6.33. The summed E-state index contributed by atoms with van der Waals surface area (Å²) in [5.74, 6) is -0.677. The van der Waals surface area contributed by atoms with Crippen molar-refractivity contribution in [3.63, 3.8) is 0 Å². The van der Waals surface area contributed by atoms with E-state index in [0.29, 0.717) is 34.7 Å². The van der Waals surface area contributed by atoms with Crippen molar-refractivity contribution in [1.29, 1.82) is 5.26 Å². The zero-order chi connectivity index (χ0) is 30.6. The number of benzene rings is 3. The molecule has 1 unspecified atom stereocenters. The Bertz CT molecular complexity index is 1790. The summed E-state index contributed by atoms with van der Waals surface area (Å²) < 4.78 is 28.1. The third kappa shape index (κ3) is 6.06. The predicted octanol–water partition coefficient (Wildman–Crippen LogP) is 8.74. The molecule has 0 bridgehead atoms. The molecule has 44 heavy (non-hydrogen) atoms. The number of ether oxygens (including phenoxy) is 2. The zero-order valence-corrected chi connectivity index (χ0v) is 25.3. The molecule has 1 saturated carbocycles. The zero-order valence-electron chi connectivity index (χ0n) is 24.6. The summed E-state index contributed by atoms with van der Waals surface area (Å²) in [5.41, 5.74) is 6.70. The van der Waals surface area contributed by atoms with Gasteiger partial charge in [-0.25, -0.2) is 9.48 Å². The number of esters is 1. The first-order valence-corrected chi connectivity index (χ1v) is 15.5. The van der Waals surface area contributed by atoms with E-state index in [1.807, 2.05) is 48.5 Å². The van der Waals surface area contributed by atoms with Crippen LogP contribution >= 0.6 is 11.6 Å². The highest BCUT2D eigenvalue weighted by Crippen LogP contribution is 2.47. The van der Waals surface area contributed by atoms with E-state index in [1.165, 1.54) is 6.08 Å². The highest BCUT2D eigenvalue weighted by Gasteiger charge is 2.29. The van der Waals surface area contributed by atoms with Crippen LogP contribution in [0.4, 0.5) is 4.39 Å². The topological polar surface area (TPSA) is 77.1 Å². The van der Waals surface area contributed by atoms with Crippen LogP contribution in [0.3, 0.4) is 0 Å². The van der Waals surface area contributed by atoms with Crippen LogP contribution in [0, 0.1) is 23.2 Å². The molecule has 1 saturated heterocycles. The van der Waals surface area contributed by atoms with E-state index < -0.39 is 11.9 Å². The van der Waals surface area contributed by atoms with E-state index in [0.717, 1.165) is 71.9 Å². The van der Waals surface area contributed by atoms with Crippen molar-refractivity contribution in [2.45, 2.75) is 51.7 Å². The van der Waals surface area contributed by atoms with E-state index in [4.69, 9.17) is 21.1 Å². The maximum absolute atomic E-state index is 15.5. The molecule has 1 atom stereocenters. The van der Waals surface area contributed by atoms with Gasteiger partial charge in [0.05, 0.1) is 29.1 Å². The van der Waals surface area contributed by atoms with E-state index in [1.54, 1.807) is 29.8 Å². The van der Waals surface area contributed by atoms with Crippen molar-refractivity contribution in [2.24, 2.45) is 5.92 Å². The third-order valence-corrected chi connectivity index (χ3v) is 8.76. The molecule has 224 valence electrons. The largest absolute Gasteiger partial charge is 0.463 e. The minimum Gasteiger partial charge on any atom is -0.463 e. The second kappa shape index (κ2) is 13.2. The fourth-order valence-electron chi connectivity index (χ4n) is 6.05. The van der Waals surface area contributed by atoms with Gasteiger partial charge < -0.3 is 9.47 Å². The fraction of sp³-hybridized carbons (Fsp3) is 0.306. The van der Waals surface area contributed by atoms with E-state index in [-0.39, 0.29) is 12.1 Å². The van der Waals surface area contributed by atoms with Gasteiger partial charge >= 0.3 is 5.97 Å². The van der Waals surface area contributed by atoms with Crippen LogP contribution in [0.25, 0.3) is 28.1 Å². The molecule has 0 amide bonds. The number of allylic oxidation sites excluding steroid dienone is 1. The average molecular weight is 610 g/mol. The maximum atomic E-state index is 15.5. The van der Waals surface area contributed by atoms with Crippen molar-refractivity contribution in [2.75, 3.05) is 13.2 Å². The van der Waals surface area contributed by atoms with Gasteiger partial charge in [-0.15, -0.1) is 5.10 Å². The molecule has 1 aliphatic heterocycles. The summed E-state index contributed by atoms with van der Waals surface area (Å²) in [7, 11) is 0. The van der Waals surface area contributed by atoms with Crippen LogP contribution in [0.1, 0.15) is 79.5 Å². The van der Waals surface area contributed by atoms with Crippen molar-refractivity contribution in [3.05, 3.63) is 106 Å². The Balaban J connectivity index is 1.52. The second-order valence-electron chi connectivity index (χ2n) is 11.2. The van der Waals surface area contributed by atoms with Crippen LogP contribution in [-0.4, -0.2) is 29.0 Å². The van der Waals surface area contributed by atoms with Gasteiger partial charge in [0.2, 0.25) is 5.95 Å². The van der Waals surface area contributed by atoms with Gasteiger partial charge in [0.15, 0.2) is 6.23 Å². The molecule has 2 heterocycles. The number of rotatable bonds is 8. The Kier molecular flexibility index (Phi) is 8.92. The molecule has 4 aromatic rings. The first-order valence-electron chi connectivity index (χ1n) is 15.2. The molecule has 2 fully saturated rings. The number of nitriles is 1. The lowest BCUT2D eigenvalue weighted by atomic mass is 9.73. The number of carbonyl (C=O) groups is 1. The van der Waals surface area contributed by atoms with Gasteiger partial charge in [0.1, 0.15) is 0 Å². The normalized spacial score (nSPS) is 17.7. The lowest BCUT2D eigenvalue weighted by Crippen LogP contribution is -2.19. The third-order valence-electron chi connectivity index (χ3n) is 8.45. The van der Waals surface area contributed by atoms with E-state index >= 15 is 4.39 Å². The molecule has 0 spiro atoms. The van der Waals surface area contributed by atoms with Gasteiger partial charge in [0.25, 0.3) is 0 Å². The highest BCUT2D eigenvalue weighted by atomic mass is 35.5. The van der Waals surface area contributed by atoms with Crippen LogP contribution in [0.15, 0.2) is 66.7 Å². The maximum Gasteiger partial charge on any atom is 0.330 e. The van der Waals surface area contributed by atoms with Gasteiger partial charge in [0, 0.05) is 17.7 Å². The first kappa shape index (κ1) is 29.8. The number of nitrogens with zero attached hydrogens (tertiary/aromatic N) is 3. The van der Waals surface area contributed by atoms with Crippen LogP contribution < -0.4 is 0 Å². The van der Waals surface area contributed by atoms with Crippen molar-refractivity contribution < 1.29 is 18.7 Å². The van der Waals surface area contributed by atoms with Gasteiger partial charge in [-0.1, -0.05) is 54.4 Å². The Hall–Kier alpha value is -4.25. The van der Waals surface area contributed by atoms with Crippen molar-refractivity contribution >= 4 is 45.7 Å². The predicted molar refractivity (Wildman–Crippen MR) is 170 cm³/mol. The standard InChI is InChI=1S/C36H33ClFN3O3/c1-2-43-33(42)18-12-23-9-13-26(14-10-23)34(35(25-6-5-7-25)28-16-11-24(22-39)20-30(28)37)27-15-17-31-29(21-27)36(38)40-41(31)32-8-3-4-19-44-32/h9-18,20-21,25,32H,2-8,19H2,1H3. The van der Waals surface area contributed by atoms with Gasteiger partial charge in [-0.2, -0.15) is 9.65 Å². The molecule has 6 nitrogen and oxygen atoms in total. The molecular formula is C36H33ClFN3O3. The number of hydrogen-bond donors (Lipinski definition) is 0. The van der Waals surface area contributed by atoms with Crippen LogP contribution in [-0.2, 0) is 14.3 Å². The molecule has 8 heteroatoms. The summed E-state index contributed by atoms with van der Waals surface area (Å²) in [6.07, 6.45) is 8.77. The van der Waals surface area contributed by atoms with Crippen LogP contribution in [0.2, 0.25) is 5.02 Å². The van der Waals surface area contributed by atoms with Gasteiger partial charge in [-0.3, -0.25) is 0 Å². The number of hydrogen-bond acceptors (Lipinski definition) is 5. The smallest absolute Gasteiger partial charge is 0.330 e. The first-order chi connectivity index (χ1) is 21.5. The number of aromatic nitrogens is 2. The van der Waals surface area contributed by atoms with Crippen molar-refractivity contribution in [3.8, 4) is 6.07 Å². The Morgan fingerprint density at radius 1 is 1.09 bits per heavy atom. The Morgan fingerprint density at radius 2 is 1.89 bits per heavy atom. The Labute approximate surface area is 261 Å². The molecule has 1 aromatic heterocycles. The molecule has 1 aliphatic carbocycles. The quantitative estimate of drug-likeness (QED) is 0.113. The molecule has 3 aromatic carbocycles. The average Bonchev–Trinajstić information content (AvgIpc) is 3.35. The lowest BCUT2D eigenvalue weighted by molar-refractivity contribution is -0.137. The summed E-state index contributed by atoms with van der Waals surface area (Å²) in [5, 5.41) is 14.7. The SMILES string of the molecule is CCOC(=O)C=Cc1ccc(C(=C(c2ccc(C#N)cc2Cl)C2CCC2)c2ccc3c(c2)c(F)nn3C2CCCCO2)cc1. The molecule has 0 N–H and O–H groups in total. The molecule has 2 aliphatic rings. The van der Waals surface area contributed by atoms with Crippen molar-refractivity contribution in [1.82, 2.24) is 9.78 Å². The van der Waals surface area contributed by atoms with E-state index in [9.17, 15) is 10.1 Å². The summed E-state index contributed by atoms with van der Waals surface area (Å²) in [6, 6.07) is 21.3. The summed E-state index contributed by atoms with van der Waals surface area (Å²) in [6.45, 7) is 2.72. The lowest BCUT2D eigenvalue weighted by Gasteiger charge is -2.32. The second-order valence-corrected chi connectivity index (χ2v) is 11.6.